The zero-order valence-corrected chi connectivity index (χ0v) is 17.3. The van der Waals surface area contributed by atoms with Crippen molar-refractivity contribution in [1.29, 1.82) is 0 Å². The first-order valence-corrected chi connectivity index (χ1v) is 9.88. The molecule has 0 bridgehead atoms. The van der Waals surface area contributed by atoms with Crippen LogP contribution in [-0.4, -0.2) is 21.2 Å². The molecule has 0 unspecified atom stereocenters. The van der Waals surface area contributed by atoms with E-state index in [4.69, 9.17) is 9.47 Å². The van der Waals surface area contributed by atoms with Crippen LogP contribution in [0.3, 0.4) is 0 Å². The molecule has 0 radical (unpaired) electrons. The van der Waals surface area contributed by atoms with Crippen LogP contribution in [0.5, 0.6) is 5.75 Å². The molecule has 5 nitrogen and oxygen atoms in total. The SMILES string of the molecule is CC(C)(C)OC(=O)n1c(-c2ccccn2)cc2cc(OCc3ccccc3)ccc21. The van der Waals surface area contributed by atoms with E-state index in [1.54, 1.807) is 10.8 Å². The number of carbonyl (C=O) groups is 1. The summed E-state index contributed by atoms with van der Waals surface area (Å²) in [6.45, 7) is 6.04. The van der Waals surface area contributed by atoms with Crippen molar-refractivity contribution < 1.29 is 14.3 Å². The highest BCUT2D eigenvalue weighted by Gasteiger charge is 2.23. The summed E-state index contributed by atoms with van der Waals surface area (Å²) >= 11 is 0. The number of pyridine rings is 1. The van der Waals surface area contributed by atoms with Crippen LogP contribution in [0.25, 0.3) is 22.3 Å². The first-order valence-electron chi connectivity index (χ1n) is 9.88. The van der Waals surface area contributed by atoms with Crippen LogP contribution in [-0.2, 0) is 11.3 Å². The zero-order valence-electron chi connectivity index (χ0n) is 17.3. The Morgan fingerprint density at radius 2 is 1.73 bits per heavy atom. The van der Waals surface area contributed by atoms with Crippen molar-refractivity contribution in [2.24, 2.45) is 0 Å². The molecule has 5 heteroatoms. The molecule has 4 aromatic rings. The topological polar surface area (TPSA) is 53.4 Å². The molecule has 4 rings (SSSR count). The van der Waals surface area contributed by atoms with Gasteiger partial charge in [-0.3, -0.25) is 4.98 Å². The number of fused-ring (bicyclic) bond motifs is 1. The normalized spacial score (nSPS) is 11.4. The molecule has 0 spiro atoms. The van der Waals surface area contributed by atoms with Crippen LogP contribution in [0.2, 0.25) is 0 Å². The van der Waals surface area contributed by atoms with E-state index >= 15 is 0 Å². The van der Waals surface area contributed by atoms with Crippen LogP contribution in [0.4, 0.5) is 4.79 Å². The van der Waals surface area contributed by atoms with Crippen molar-refractivity contribution in [1.82, 2.24) is 9.55 Å². The summed E-state index contributed by atoms with van der Waals surface area (Å²) in [5.41, 5.74) is 2.62. The van der Waals surface area contributed by atoms with Crippen molar-refractivity contribution in [2.45, 2.75) is 33.0 Å². The lowest BCUT2D eigenvalue weighted by molar-refractivity contribution is 0.0547. The number of carbonyl (C=O) groups excluding carboxylic acids is 1. The molecule has 152 valence electrons. The molecular formula is C25H24N2O3. The number of benzene rings is 2. The van der Waals surface area contributed by atoms with Gasteiger partial charge in [0.2, 0.25) is 0 Å². The van der Waals surface area contributed by atoms with E-state index in [0.717, 1.165) is 22.2 Å². The third-order valence-corrected chi connectivity index (χ3v) is 4.52. The number of hydrogen-bond acceptors (Lipinski definition) is 4. The monoisotopic (exact) mass is 400 g/mol. The molecule has 2 aromatic carbocycles. The van der Waals surface area contributed by atoms with Gasteiger partial charge in [0.15, 0.2) is 0 Å². The fourth-order valence-corrected chi connectivity index (χ4v) is 3.23. The molecule has 0 atom stereocenters. The molecule has 30 heavy (non-hydrogen) atoms. The summed E-state index contributed by atoms with van der Waals surface area (Å²) in [4.78, 5) is 17.4. The highest BCUT2D eigenvalue weighted by Crippen LogP contribution is 2.31. The molecule has 0 saturated heterocycles. The molecular weight excluding hydrogens is 376 g/mol. The van der Waals surface area contributed by atoms with Gasteiger partial charge in [-0.05, 0) is 62.7 Å². The fraction of sp³-hybridized carbons (Fsp3) is 0.200. The summed E-state index contributed by atoms with van der Waals surface area (Å²) in [6.07, 6.45) is 1.27. The minimum absolute atomic E-state index is 0.434. The maximum absolute atomic E-state index is 13.0. The lowest BCUT2D eigenvalue weighted by Gasteiger charge is -2.21. The standard InChI is InChI=1S/C25H24N2O3/c1-25(2,3)30-24(28)27-22-13-12-20(29-17-18-9-5-4-6-10-18)15-19(22)16-23(27)21-11-7-8-14-26-21/h4-16H,17H2,1-3H3. The Bertz CT molecular complexity index is 1160. The van der Waals surface area contributed by atoms with Gasteiger partial charge in [-0.15, -0.1) is 0 Å². The maximum Gasteiger partial charge on any atom is 0.419 e. The van der Waals surface area contributed by atoms with E-state index in [1.807, 2.05) is 93.6 Å². The van der Waals surface area contributed by atoms with Crippen molar-refractivity contribution in [2.75, 3.05) is 0 Å². The van der Waals surface area contributed by atoms with Crippen LogP contribution in [0.1, 0.15) is 26.3 Å². The quantitative estimate of drug-likeness (QED) is 0.417. The number of aromatic nitrogens is 2. The molecule has 0 aliphatic carbocycles. The van der Waals surface area contributed by atoms with Gasteiger partial charge in [0, 0.05) is 11.6 Å². The Morgan fingerprint density at radius 1 is 0.967 bits per heavy atom. The zero-order chi connectivity index (χ0) is 21.1. The van der Waals surface area contributed by atoms with Crippen molar-refractivity contribution >= 4 is 17.0 Å². The van der Waals surface area contributed by atoms with E-state index < -0.39 is 11.7 Å². The highest BCUT2D eigenvalue weighted by molar-refractivity contribution is 5.96. The number of nitrogens with zero attached hydrogens (tertiary/aromatic N) is 2. The van der Waals surface area contributed by atoms with Crippen molar-refractivity contribution in [3.63, 3.8) is 0 Å². The van der Waals surface area contributed by atoms with Crippen LogP contribution in [0.15, 0.2) is 79.0 Å². The molecule has 2 aromatic heterocycles. The van der Waals surface area contributed by atoms with Gasteiger partial charge in [-0.25, -0.2) is 9.36 Å². The van der Waals surface area contributed by atoms with E-state index in [2.05, 4.69) is 4.98 Å². The number of rotatable bonds is 4. The van der Waals surface area contributed by atoms with E-state index in [1.165, 1.54) is 0 Å². The average Bonchev–Trinajstić information content (AvgIpc) is 3.11. The molecule has 2 heterocycles. The smallest absolute Gasteiger partial charge is 0.419 e. The second kappa shape index (κ2) is 8.03. The van der Waals surface area contributed by atoms with Gasteiger partial charge in [0.1, 0.15) is 18.0 Å². The lowest BCUT2D eigenvalue weighted by Crippen LogP contribution is -2.27. The number of ether oxygens (including phenoxy) is 2. The fourth-order valence-electron chi connectivity index (χ4n) is 3.23. The summed E-state index contributed by atoms with van der Waals surface area (Å²) in [5.74, 6) is 0.736. The van der Waals surface area contributed by atoms with Crippen LogP contribution in [0, 0.1) is 0 Å². The van der Waals surface area contributed by atoms with Gasteiger partial charge in [-0.1, -0.05) is 36.4 Å². The maximum atomic E-state index is 13.0. The van der Waals surface area contributed by atoms with Crippen LogP contribution < -0.4 is 4.74 Å². The molecule has 0 fully saturated rings. The predicted molar refractivity (Wildman–Crippen MR) is 118 cm³/mol. The Hall–Kier alpha value is -3.60. The molecule has 0 N–H and O–H groups in total. The summed E-state index contributed by atoms with van der Waals surface area (Å²) < 4.78 is 13.2. The van der Waals surface area contributed by atoms with Crippen molar-refractivity contribution in [3.8, 4) is 17.1 Å². The minimum atomic E-state index is -0.603. The third-order valence-electron chi connectivity index (χ3n) is 4.52. The van der Waals surface area contributed by atoms with Gasteiger partial charge in [-0.2, -0.15) is 0 Å². The molecule has 0 amide bonds. The van der Waals surface area contributed by atoms with E-state index in [9.17, 15) is 4.79 Å². The second-order valence-electron chi connectivity index (χ2n) is 8.06. The van der Waals surface area contributed by atoms with Gasteiger partial charge in [0.05, 0.1) is 16.9 Å². The van der Waals surface area contributed by atoms with E-state index in [0.29, 0.717) is 18.0 Å². The Labute approximate surface area is 175 Å². The average molecular weight is 400 g/mol. The summed E-state index contributed by atoms with van der Waals surface area (Å²) in [5, 5.41) is 0.882. The Balaban J connectivity index is 1.73. The van der Waals surface area contributed by atoms with Crippen LogP contribution >= 0.6 is 0 Å². The minimum Gasteiger partial charge on any atom is -0.489 e. The van der Waals surface area contributed by atoms with E-state index in [-0.39, 0.29) is 0 Å². The Kier molecular flexibility index (Phi) is 5.27. The van der Waals surface area contributed by atoms with Gasteiger partial charge in [0.25, 0.3) is 0 Å². The van der Waals surface area contributed by atoms with Gasteiger partial charge < -0.3 is 9.47 Å². The summed E-state index contributed by atoms with van der Waals surface area (Å²) in [7, 11) is 0. The first-order chi connectivity index (χ1) is 14.4. The number of hydrogen-bond donors (Lipinski definition) is 0. The molecule has 0 aliphatic rings. The second-order valence-corrected chi connectivity index (χ2v) is 8.06. The summed E-state index contributed by atoms with van der Waals surface area (Å²) in [6, 6.07) is 23.3. The Morgan fingerprint density at radius 3 is 2.43 bits per heavy atom. The first kappa shape index (κ1) is 19.7. The third kappa shape index (κ3) is 4.35. The van der Waals surface area contributed by atoms with Crippen molar-refractivity contribution in [3.05, 3.63) is 84.6 Å². The lowest BCUT2D eigenvalue weighted by atomic mass is 10.2. The molecule has 0 aliphatic heterocycles. The largest absolute Gasteiger partial charge is 0.489 e. The predicted octanol–water partition coefficient (Wildman–Crippen LogP) is 6.07. The van der Waals surface area contributed by atoms with Gasteiger partial charge >= 0.3 is 6.09 Å². The molecule has 0 saturated carbocycles. The highest BCUT2D eigenvalue weighted by atomic mass is 16.6.